The van der Waals surface area contributed by atoms with E-state index in [1.807, 2.05) is 38.1 Å². The highest BCUT2D eigenvalue weighted by molar-refractivity contribution is 7.80. The zero-order valence-corrected chi connectivity index (χ0v) is 13.4. The van der Waals surface area contributed by atoms with E-state index in [1.165, 1.54) is 0 Å². The summed E-state index contributed by atoms with van der Waals surface area (Å²) < 4.78 is 17.3. The Morgan fingerprint density at radius 2 is 1.78 bits per heavy atom. The van der Waals surface area contributed by atoms with Crippen LogP contribution in [-0.4, -0.2) is 18.4 Å². The summed E-state index contributed by atoms with van der Waals surface area (Å²) in [6.07, 6.45) is -0.307. The van der Waals surface area contributed by atoms with Gasteiger partial charge in [0.2, 0.25) is 0 Å². The Labute approximate surface area is 113 Å². The van der Waals surface area contributed by atoms with Gasteiger partial charge >= 0.3 is 0 Å². The Kier molecular flexibility index (Phi) is 5.33. The van der Waals surface area contributed by atoms with Gasteiger partial charge in [-0.25, -0.2) is 4.21 Å². The molecule has 0 bridgehead atoms. The maximum Gasteiger partial charge on any atom is 0.190 e. The lowest BCUT2D eigenvalue weighted by Crippen LogP contribution is -2.18. The Hall–Kier alpha value is -0.893. The maximum absolute atomic E-state index is 11.9. The predicted molar refractivity (Wildman–Crippen MR) is 79.3 cm³/mol. The smallest absolute Gasteiger partial charge is 0.190 e. The molecule has 2 unspecified atom stereocenters. The average Bonchev–Trinajstić information content (AvgIpc) is 2.26. The van der Waals surface area contributed by atoms with Crippen molar-refractivity contribution < 1.29 is 8.39 Å². The van der Waals surface area contributed by atoms with Gasteiger partial charge in [0.15, 0.2) is 11.1 Å². The van der Waals surface area contributed by atoms with Crippen LogP contribution in [0.3, 0.4) is 0 Å². The first-order valence-corrected chi connectivity index (χ1v) is 10.5. The summed E-state index contributed by atoms with van der Waals surface area (Å²) in [7, 11) is -1.40. The molecule has 0 heterocycles. The first kappa shape index (κ1) is 15.2. The van der Waals surface area contributed by atoms with Crippen molar-refractivity contribution >= 4 is 19.2 Å². The van der Waals surface area contributed by atoms with E-state index >= 15 is 0 Å². The van der Waals surface area contributed by atoms with Crippen molar-refractivity contribution in [2.24, 2.45) is 0 Å². The van der Waals surface area contributed by atoms with Gasteiger partial charge in [0.05, 0.1) is 4.90 Å². The SMILES string of the molecule is Cc1ccc(S(=O)OC(C)C#C[Si](C)(C)C)cc1. The summed E-state index contributed by atoms with van der Waals surface area (Å²) >= 11 is -1.44. The van der Waals surface area contributed by atoms with Crippen LogP contribution < -0.4 is 0 Å². The molecule has 0 saturated carbocycles. The predicted octanol–water partition coefficient (Wildman–Crippen LogP) is 3.30. The third-order valence-corrected chi connectivity index (χ3v) is 4.11. The summed E-state index contributed by atoms with van der Waals surface area (Å²) in [5.41, 5.74) is 4.36. The molecule has 0 aliphatic carbocycles. The topological polar surface area (TPSA) is 26.3 Å². The summed E-state index contributed by atoms with van der Waals surface area (Å²) in [4.78, 5) is 0.683. The molecule has 0 amide bonds. The van der Waals surface area contributed by atoms with Crippen LogP contribution in [0.1, 0.15) is 12.5 Å². The summed E-state index contributed by atoms with van der Waals surface area (Å²) in [5, 5.41) is 0. The number of hydrogen-bond donors (Lipinski definition) is 0. The fourth-order valence-electron chi connectivity index (χ4n) is 1.18. The van der Waals surface area contributed by atoms with Crippen molar-refractivity contribution in [3.05, 3.63) is 29.8 Å². The van der Waals surface area contributed by atoms with Crippen LogP contribution in [0.5, 0.6) is 0 Å². The van der Waals surface area contributed by atoms with Crippen LogP contribution in [0, 0.1) is 18.4 Å². The normalized spacial score (nSPS) is 14.5. The number of benzene rings is 1. The van der Waals surface area contributed by atoms with Crippen LogP contribution in [0.4, 0.5) is 0 Å². The van der Waals surface area contributed by atoms with Gasteiger partial charge in [0.1, 0.15) is 14.2 Å². The Bertz CT molecular complexity index is 477. The lowest BCUT2D eigenvalue weighted by Gasteiger charge is -2.08. The molecule has 1 aromatic carbocycles. The number of aryl methyl sites for hydroxylation is 1. The van der Waals surface area contributed by atoms with Crippen molar-refractivity contribution in [3.63, 3.8) is 0 Å². The van der Waals surface area contributed by atoms with Crippen molar-refractivity contribution in [2.75, 3.05) is 0 Å². The second-order valence-electron chi connectivity index (χ2n) is 5.31. The van der Waals surface area contributed by atoms with E-state index in [0.717, 1.165) is 5.56 Å². The first-order valence-electron chi connectivity index (χ1n) is 5.96. The van der Waals surface area contributed by atoms with Gasteiger partial charge < -0.3 is 0 Å². The van der Waals surface area contributed by atoms with Gasteiger partial charge in [-0.2, -0.15) is 0 Å². The lowest BCUT2D eigenvalue weighted by molar-refractivity contribution is 0.308. The summed E-state index contributed by atoms with van der Waals surface area (Å²) in [5.74, 6) is 3.03. The Morgan fingerprint density at radius 1 is 1.22 bits per heavy atom. The van der Waals surface area contributed by atoms with Gasteiger partial charge in [0.25, 0.3) is 0 Å². The first-order chi connectivity index (χ1) is 8.28. The fraction of sp³-hybridized carbons (Fsp3) is 0.429. The van der Waals surface area contributed by atoms with Gasteiger partial charge in [-0.1, -0.05) is 43.3 Å². The molecule has 2 nitrogen and oxygen atoms in total. The summed E-state index contributed by atoms with van der Waals surface area (Å²) in [6.45, 7) is 10.3. The highest BCUT2D eigenvalue weighted by Crippen LogP contribution is 2.11. The molecule has 0 aliphatic heterocycles. The molecule has 0 spiro atoms. The van der Waals surface area contributed by atoms with Crippen molar-refractivity contribution in [2.45, 2.75) is 44.5 Å². The highest BCUT2D eigenvalue weighted by atomic mass is 32.2. The van der Waals surface area contributed by atoms with Gasteiger partial charge in [0, 0.05) is 0 Å². The molecular weight excluding hydrogens is 260 g/mol. The van der Waals surface area contributed by atoms with Crippen molar-refractivity contribution in [1.29, 1.82) is 0 Å². The Balaban J connectivity index is 2.64. The average molecular weight is 280 g/mol. The van der Waals surface area contributed by atoms with Crippen LogP contribution in [-0.2, 0) is 15.3 Å². The molecule has 0 aliphatic rings. The molecule has 0 N–H and O–H groups in total. The van der Waals surface area contributed by atoms with Gasteiger partial charge in [-0.05, 0) is 26.0 Å². The number of hydrogen-bond acceptors (Lipinski definition) is 2. The minimum atomic E-state index is -1.44. The van der Waals surface area contributed by atoms with Gasteiger partial charge in [-0.15, -0.1) is 5.54 Å². The molecule has 1 aromatic rings. The summed E-state index contributed by atoms with van der Waals surface area (Å²) in [6, 6.07) is 7.50. The minimum absolute atomic E-state index is 0.307. The minimum Gasteiger partial charge on any atom is -0.271 e. The molecule has 4 heteroatoms. The zero-order valence-electron chi connectivity index (χ0n) is 11.6. The van der Waals surface area contributed by atoms with E-state index in [-0.39, 0.29) is 6.10 Å². The van der Waals surface area contributed by atoms with E-state index in [1.54, 1.807) is 0 Å². The quantitative estimate of drug-likeness (QED) is 0.627. The molecular formula is C14H20O2SSi. The third-order valence-electron chi connectivity index (χ3n) is 2.10. The van der Waals surface area contributed by atoms with Crippen molar-refractivity contribution in [1.82, 2.24) is 0 Å². The van der Waals surface area contributed by atoms with E-state index < -0.39 is 19.2 Å². The van der Waals surface area contributed by atoms with Crippen LogP contribution >= 0.6 is 0 Å². The van der Waals surface area contributed by atoms with E-state index in [2.05, 4.69) is 31.1 Å². The van der Waals surface area contributed by atoms with Crippen LogP contribution in [0.2, 0.25) is 19.6 Å². The van der Waals surface area contributed by atoms with Crippen LogP contribution in [0.15, 0.2) is 29.2 Å². The molecule has 0 aromatic heterocycles. The van der Waals surface area contributed by atoms with E-state index in [9.17, 15) is 4.21 Å². The molecule has 18 heavy (non-hydrogen) atoms. The van der Waals surface area contributed by atoms with Crippen LogP contribution in [0.25, 0.3) is 0 Å². The molecule has 98 valence electrons. The lowest BCUT2D eigenvalue weighted by atomic mass is 10.2. The second kappa shape index (κ2) is 6.33. The third kappa shape index (κ3) is 5.63. The highest BCUT2D eigenvalue weighted by Gasteiger charge is 2.11. The fourth-order valence-corrected chi connectivity index (χ4v) is 2.59. The molecule has 1 rings (SSSR count). The maximum atomic E-state index is 11.9. The standard InChI is InChI=1S/C14H20O2SSi/c1-12-6-8-14(9-7-12)17(15)16-13(2)10-11-18(3,4)5/h6-9,13H,1-5H3. The molecule has 0 radical (unpaired) electrons. The Morgan fingerprint density at radius 3 is 2.28 bits per heavy atom. The molecule has 0 fully saturated rings. The molecule has 0 saturated heterocycles. The van der Waals surface area contributed by atoms with E-state index in [4.69, 9.17) is 4.18 Å². The largest absolute Gasteiger partial charge is 0.271 e. The zero-order chi connectivity index (χ0) is 13.8. The monoisotopic (exact) mass is 280 g/mol. The second-order valence-corrected chi connectivity index (χ2v) is 11.2. The molecule has 2 atom stereocenters. The van der Waals surface area contributed by atoms with Gasteiger partial charge in [-0.3, -0.25) is 4.18 Å². The van der Waals surface area contributed by atoms with Crippen molar-refractivity contribution in [3.8, 4) is 11.5 Å². The number of rotatable bonds is 3. The van der Waals surface area contributed by atoms with E-state index in [0.29, 0.717) is 4.90 Å².